The van der Waals surface area contributed by atoms with E-state index in [1.54, 1.807) is 22.7 Å². The fourth-order valence-corrected chi connectivity index (χ4v) is 4.49. The topological polar surface area (TPSA) is 62.8 Å². The van der Waals surface area contributed by atoms with Crippen molar-refractivity contribution < 1.29 is 8.81 Å². The molecule has 1 saturated carbocycles. The van der Waals surface area contributed by atoms with Gasteiger partial charge in [0.2, 0.25) is 0 Å². The Hall–Kier alpha value is -3.19. The number of hydrogen-bond acceptors (Lipinski definition) is 5. The van der Waals surface area contributed by atoms with Gasteiger partial charge in [0.1, 0.15) is 5.58 Å². The second kappa shape index (κ2) is 6.92. The number of fused-ring (bicyclic) bond motifs is 2. The number of halogens is 1. The minimum Gasteiger partial charge on any atom is -0.422 e. The Labute approximate surface area is 178 Å². The third kappa shape index (κ3) is 3.29. The fourth-order valence-electron chi connectivity index (χ4n) is 4.49. The number of hydrogen-bond donors (Lipinski definition) is 1. The van der Waals surface area contributed by atoms with E-state index in [1.807, 2.05) is 18.3 Å². The lowest BCUT2D eigenvalue weighted by Crippen LogP contribution is -2.49. The highest BCUT2D eigenvalue weighted by Crippen LogP contribution is 2.40. The Morgan fingerprint density at radius 1 is 1.19 bits per heavy atom. The van der Waals surface area contributed by atoms with Crippen molar-refractivity contribution in [2.75, 3.05) is 24.5 Å². The predicted molar refractivity (Wildman–Crippen MR) is 118 cm³/mol. The summed E-state index contributed by atoms with van der Waals surface area (Å²) < 4.78 is 21.9. The molecule has 2 aliphatic rings. The first kappa shape index (κ1) is 18.6. The van der Waals surface area contributed by atoms with Crippen LogP contribution in [0.2, 0.25) is 0 Å². The number of aromatic nitrogens is 2. The van der Waals surface area contributed by atoms with Gasteiger partial charge in [0.05, 0.1) is 11.3 Å². The minimum absolute atomic E-state index is 0.224. The van der Waals surface area contributed by atoms with Gasteiger partial charge in [-0.3, -0.25) is 0 Å². The van der Waals surface area contributed by atoms with E-state index in [4.69, 9.17) is 4.42 Å². The summed E-state index contributed by atoms with van der Waals surface area (Å²) in [5.74, 6) is 0.0686. The molecule has 3 aromatic heterocycles. The number of nitrogens with zero attached hydrogens (tertiary/aromatic N) is 3. The molecule has 0 spiro atoms. The monoisotopic (exact) mass is 418 g/mol. The molecule has 1 aromatic carbocycles. The molecule has 0 amide bonds. The molecule has 1 atom stereocenters. The highest BCUT2D eigenvalue weighted by Gasteiger charge is 2.25. The largest absolute Gasteiger partial charge is 0.422 e. The molecule has 158 valence electrons. The molecule has 0 unspecified atom stereocenters. The molecular formula is C24H23FN4O2. The first-order valence-electron chi connectivity index (χ1n) is 10.8. The van der Waals surface area contributed by atoms with Gasteiger partial charge in [0.15, 0.2) is 11.5 Å². The van der Waals surface area contributed by atoms with Gasteiger partial charge in [-0.15, -0.1) is 0 Å². The minimum atomic E-state index is -0.468. The van der Waals surface area contributed by atoms with E-state index in [9.17, 15) is 9.18 Å². The Kier molecular flexibility index (Phi) is 4.14. The standard InChI is InChI=1S/C24H23FN4O2/c1-14-11-28(7-6-26-14)18-5-4-16-8-19(24(30)31-22(16)10-18)21-13-29-12-17(15-2-3-15)9-20(25)23(29)27-21/h4-5,8-10,12-15,26H,2-3,6-7,11H2,1H3/t14-/m0/s1. The smallest absolute Gasteiger partial charge is 0.345 e. The quantitative estimate of drug-likeness (QED) is 0.511. The number of piperazine rings is 1. The van der Waals surface area contributed by atoms with Gasteiger partial charge in [-0.05, 0) is 55.5 Å². The molecule has 4 aromatic rings. The van der Waals surface area contributed by atoms with Gasteiger partial charge in [-0.25, -0.2) is 14.2 Å². The lowest BCUT2D eigenvalue weighted by atomic mass is 10.1. The van der Waals surface area contributed by atoms with Crippen molar-refractivity contribution in [2.45, 2.75) is 31.7 Å². The molecular weight excluding hydrogens is 395 g/mol. The van der Waals surface area contributed by atoms with Crippen LogP contribution in [0.3, 0.4) is 0 Å². The summed E-state index contributed by atoms with van der Waals surface area (Å²) in [7, 11) is 0. The second-order valence-corrected chi connectivity index (χ2v) is 8.72. The van der Waals surface area contributed by atoms with Gasteiger partial charge in [-0.1, -0.05) is 0 Å². The molecule has 1 aliphatic carbocycles. The van der Waals surface area contributed by atoms with Gasteiger partial charge in [0.25, 0.3) is 0 Å². The number of imidazole rings is 1. The zero-order chi connectivity index (χ0) is 21.1. The maximum absolute atomic E-state index is 14.6. The molecule has 0 bridgehead atoms. The van der Waals surface area contributed by atoms with E-state index in [2.05, 4.69) is 28.2 Å². The summed E-state index contributed by atoms with van der Waals surface area (Å²) in [6.07, 6.45) is 5.81. The van der Waals surface area contributed by atoms with Crippen LogP contribution in [0.4, 0.5) is 10.1 Å². The molecule has 1 N–H and O–H groups in total. The SMILES string of the molecule is C[C@H]1CN(c2ccc3cc(-c4cn5cc(C6CC6)cc(F)c5n4)c(=O)oc3c2)CCN1. The summed E-state index contributed by atoms with van der Waals surface area (Å²) in [5.41, 5.74) is 3.08. The fraction of sp³-hybridized carbons (Fsp3) is 0.333. The van der Waals surface area contributed by atoms with E-state index in [0.717, 1.165) is 49.1 Å². The van der Waals surface area contributed by atoms with E-state index in [0.29, 0.717) is 28.8 Å². The number of rotatable bonds is 3. The molecule has 4 heterocycles. The van der Waals surface area contributed by atoms with Crippen LogP contribution in [0.25, 0.3) is 27.9 Å². The van der Waals surface area contributed by atoms with Crippen molar-refractivity contribution in [3.8, 4) is 11.3 Å². The van der Waals surface area contributed by atoms with Crippen LogP contribution in [0.15, 0.2) is 51.9 Å². The highest BCUT2D eigenvalue weighted by atomic mass is 19.1. The Bertz CT molecular complexity index is 1370. The first-order valence-corrected chi connectivity index (χ1v) is 10.8. The Morgan fingerprint density at radius 2 is 2.06 bits per heavy atom. The van der Waals surface area contributed by atoms with Crippen molar-refractivity contribution in [3.05, 3.63) is 64.5 Å². The van der Waals surface area contributed by atoms with Crippen molar-refractivity contribution in [3.63, 3.8) is 0 Å². The first-order chi connectivity index (χ1) is 15.0. The van der Waals surface area contributed by atoms with Gasteiger partial charge in [-0.2, -0.15) is 0 Å². The lowest BCUT2D eigenvalue weighted by molar-refractivity contribution is 0.484. The molecule has 1 saturated heterocycles. The van der Waals surface area contributed by atoms with Crippen molar-refractivity contribution in [1.82, 2.24) is 14.7 Å². The predicted octanol–water partition coefficient (Wildman–Crippen LogP) is 3.92. The van der Waals surface area contributed by atoms with Crippen LogP contribution >= 0.6 is 0 Å². The molecule has 1 aliphatic heterocycles. The second-order valence-electron chi connectivity index (χ2n) is 8.72. The third-order valence-electron chi connectivity index (χ3n) is 6.31. The van der Waals surface area contributed by atoms with Crippen LogP contribution in [0.5, 0.6) is 0 Å². The van der Waals surface area contributed by atoms with E-state index < -0.39 is 5.63 Å². The maximum atomic E-state index is 14.6. The van der Waals surface area contributed by atoms with Crippen LogP contribution in [-0.4, -0.2) is 35.1 Å². The van der Waals surface area contributed by atoms with E-state index in [-0.39, 0.29) is 11.5 Å². The molecule has 0 radical (unpaired) electrons. The molecule has 31 heavy (non-hydrogen) atoms. The van der Waals surface area contributed by atoms with Crippen molar-refractivity contribution >= 4 is 22.3 Å². The Morgan fingerprint density at radius 3 is 2.87 bits per heavy atom. The van der Waals surface area contributed by atoms with Crippen LogP contribution in [0.1, 0.15) is 31.2 Å². The lowest BCUT2D eigenvalue weighted by Gasteiger charge is -2.33. The van der Waals surface area contributed by atoms with Gasteiger partial charge in [0, 0.05) is 55.2 Å². The molecule has 7 heteroatoms. The average Bonchev–Trinajstić information content (AvgIpc) is 3.52. The number of nitrogens with one attached hydrogen (secondary N) is 1. The zero-order valence-electron chi connectivity index (χ0n) is 17.3. The van der Waals surface area contributed by atoms with Gasteiger partial charge < -0.3 is 19.0 Å². The summed E-state index contributed by atoms with van der Waals surface area (Å²) in [5, 5.41) is 4.25. The highest BCUT2D eigenvalue weighted by molar-refractivity contribution is 5.84. The van der Waals surface area contributed by atoms with E-state index >= 15 is 0 Å². The maximum Gasteiger partial charge on any atom is 0.345 e. The van der Waals surface area contributed by atoms with E-state index in [1.165, 1.54) is 0 Å². The van der Waals surface area contributed by atoms with Crippen LogP contribution < -0.4 is 15.8 Å². The molecule has 6 rings (SSSR count). The number of pyridine rings is 1. The Balaban J connectivity index is 1.40. The van der Waals surface area contributed by atoms with Crippen molar-refractivity contribution in [2.24, 2.45) is 0 Å². The number of anilines is 1. The van der Waals surface area contributed by atoms with Crippen LogP contribution in [0, 0.1) is 5.82 Å². The summed E-state index contributed by atoms with van der Waals surface area (Å²) >= 11 is 0. The van der Waals surface area contributed by atoms with Crippen LogP contribution in [-0.2, 0) is 0 Å². The molecule has 2 fully saturated rings. The summed E-state index contributed by atoms with van der Waals surface area (Å²) in [4.78, 5) is 19.5. The average molecular weight is 418 g/mol. The number of benzene rings is 1. The normalized spacial score (nSPS) is 19.4. The van der Waals surface area contributed by atoms with Gasteiger partial charge >= 0.3 is 5.63 Å². The van der Waals surface area contributed by atoms with Crippen molar-refractivity contribution in [1.29, 1.82) is 0 Å². The third-order valence-corrected chi connectivity index (χ3v) is 6.31. The molecule has 6 nitrogen and oxygen atoms in total. The zero-order valence-corrected chi connectivity index (χ0v) is 17.3. The summed E-state index contributed by atoms with van der Waals surface area (Å²) in [6, 6.07) is 9.69. The summed E-state index contributed by atoms with van der Waals surface area (Å²) in [6.45, 7) is 4.90.